The molecule has 102 valence electrons. The number of hydrogen-bond donors (Lipinski definition) is 2. The number of carbonyl (C=O) groups is 1. The van der Waals surface area contributed by atoms with Crippen molar-refractivity contribution in [2.24, 2.45) is 0 Å². The Morgan fingerprint density at radius 1 is 1.24 bits per heavy atom. The van der Waals surface area contributed by atoms with Crippen LogP contribution >= 0.6 is 0 Å². The van der Waals surface area contributed by atoms with Crippen LogP contribution in [0.5, 0.6) is 0 Å². The fourth-order valence-electron chi connectivity index (χ4n) is 1.64. The van der Waals surface area contributed by atoms with Crippen molar-refractivity contribution in [2.75, 3.05) is 19.8 Å². The maximum atomic E-state index is 11.6. The minimum Gasteiger partial charge on any atom is -0.465 e. The molecule has 0 radical (unpaired) electrons. The molecule has 0 aromatic heterocycles. The smallest absolute Gasteiger partial charge is 0.323 e. The molecule has 0 spiro atoms. The van der Waals surface area contributed by atoms with Gasteiger partial charge in [0.1, 0.15) is 6.04 Å². The Morgan fingerprint density at radius 3 is 2.59 bits per heavy atom. The Kier molecular flexibility index (Phi) is 11.4. The van der Waals surface area contributed by atoms with E-state index in [9.17, 15) is 4.79 Å². The van der Waals surface area contributed by atoms with Crippen molar-refractivity contribution in [3.05, 3.63) is 0 Å². The van der Waals surface area contributed by atoms with Crippen molar-refractivity contribution in [2.45, 2.75) is 58.4 Å². The Hall–Kier alpha value is -0.610. The summed E-state index contributed by atoms with van der Waals surface area (Å²) in [5.41, 5.74) is 0. The van der Waals surface area contributed by atoms with Gasteiger partial charge in [-0.3, -0.25) is 4.79 Å². The summed E-state index contributed by atoms with van der Waals surface area (Å²) < 4.78 is 5.04. The summed E-state index contributed by atoms with van der Waals surface area (Å²) in [6.07, 6.45) is 5.78. The van der Waals surface area contributed by atoms with E-state index in [-0.39, 0.29) is 18.6 Å². The zero-order valence-corrected chi connectivity index (χ0v) is 11.2. The first-order chi connectivity index (χ1) is 8.26. The van der Waals surface area contributed by atoms with Crippen molar-refractivity contribution >= 4 is 5.97 Å². The molecule has 0 aromatic rings. The first-order valence-corrected chi connectivity index (χ1v) is 6.77. The molecule has 0 aliphatic heterocycles. The molecule has 0 amide bonds. The van der Waals surface area contributed by atoms with Crippen LogP contribution in [0.1, 0.15) is 52.4 Å². The third-order valence-corrected chi connectivity index (χ3v) is 2.64. The fourth-order valence-corrected chi connectivity index (χ4v) is 1.64. The van der Waals surface area contributed by atoms with Gasteiger partial charge in [-0.05, 0) is 39.2 Å². The summed E-state index contributed by atoms with van der Waals surface area (Å²) in [4.78, 5) is 11.6. The van der Waals surface area contributed by atoms with Gasteiger partial charge in [0.05, 0.1) is 6.61 Å². The molecule has 0 aliphatic rings. The van der Waals surface area contributed by atoms with Crippen molar-refractivity contribution in [3.63, 3.8) is 0 Å². The van der Waals surface area contributed by atoms with Crippen LogP contribution in [0, 0.1) is 0 Å². The summed E-state index contributed by atoms with van der Waals surface area (Å²) in [5, 5.41) is 11.9. The molecule has 17 heavy (non-hydrogen) atoms. The van der Waals surface area contributed by atoms with Crippen LogP contribution in [0.4, 0.5) is 0 Å². The van der Waals surface area contributed by atoms with E-state index >= 15 is 0 Å². The monoisotopic (exact) mass is 245 g/mol. The Morgan fingerprint density at radius 2 is 2.00 bits per heavy atom. The molecule has 1 atom stereocenters. The van der Waals surface area contributed by atoms with Crippen LogP contribution in [-0.2, 0) is 9.53 Å². The molecule has 0 heterocycles. The molecule has 1 unspecified atom stereocenters. The number of aliphatic hydroxyl groups is 1. The zero-order valence-electron chi connectivity index (χ0n) is 11.2. The maximum Gasteiger partial charge on any atom is 0.323 e. The first kappa shape index (κ1) is 16.4. The molecule has 0 saturated carbocycles. The van der Waals surface area contributed by atoms with Gasteiger partial charge in [0.15, 0.2) is 0 Å². The lowest BCUT2D eigenvalue weighted by atomic mass is 10.1. The SMILES string of the molecule is CCCCC(NCCCCCO)C(=O)OCC. The molecule has 4 heteroatoms. The maximum absolute atomic E-state index is 11.6. The van der Waals surface area contributed by atoms with Gasteiger partial charge in [0.25, 0.3) is 0 Å². The third-order valence-electron chi connectivity index (χ3n) is 2.64. The van der Waals surface area contributed by atoms with Crippen LogP contribution < -0.4 is 5.32 Å². The first-order valence-electron chi connectivity index (χ1n) is 6.77. The highest BCUT2D eigenvalue weighted by Gasteiger charge is 2.17. The standard InChI is InChI=1S/C13H27NO3/c1-3-5-9-12(13(16)17-4-2)14-10-7-6-8-11-15/h12,14-15H,3-11H2,1-2H3. The van der Waals surface area contributed by atoms with Crippen molar-refractivity contribution in [3.8, 4) is 0 Å². The zero-order chi connectivity index (χ0) is 12.9. The van der Waals surface area contributed by atoms with Gasteiger partial charge < -0.3 is 15.2 Å². The highest BCUT2D eigenvalue weighted by atomic mass is 16.5. The Labute approximate surface area is 105 Å². The lowest BCUT2D eigenvalue weighted by molar-refractivity contribution is -0.145. The number of rotatable bonds is 11. The number of aliphatic hydroxyl groups excluding tert-OH is 1. The summed E-state index contributed by atoms with van der Waals surface area (Å²) in [6.45, 7) is 5.44. The minimum absolute atomic E-state index is 0.136. The number of esters is 1. The fraction of sp³-hybridized carbons (Fsp3) is 0.923. The second-order valence-corrected chi connectivity index (χ2v) is 4.19. The van der Waals surface area contributed by atoms with E-state index in [1.165, 1.54) is 0 Å². The molecular formula is C13H27NO3. The summed E-state index contributed by atoms with van der Waals surface area (Å²) in [6, 6.07) is -0.163. The van der Waals surface area contributed by atoms with E-state index in [2.05, 4.69) is 12.2 Å². The quantitative estimate of drug-likeness (QED) is 0.431. The van der Waals surface area contributed by atoms with Crippen LogP contribution in [0.15, 0.2) is 0 Å². The van der Waals surface area contributed by atoms with Crippen LogP contribution in [-0.4, -0.2) is 36.9 Å². The highest BCUT2D eigenvalue weighted by molar-refractivity contribution is 5.75. The second kappa shape index (κ2) is 11.9. The molecule has 4 nitrogen and oxygen atoms in total. The summed E-state index contributed by atoms with van der Waals surface area (Å²) in [5.74, 6) is -0.136. The average Bonchev–Trinajstić information content (AvgIpc) is 2.33. The molecule has 0 aliphatic carbocycles. The normalized spacial score (nSPS) is 12.4. The van der Waals surface area contributed by atoms with E-state index in [1.807, 2.05) is 6.92 Å². The van der Waals surface area contributed by atoms with Crippen LogP contribution in [0.25, 0.3) is 0 Å². The van der Waals surface area contributed by atoms with E-state index in [0.29, 0.717) is 6.61 Å². The van der Waals surface area contributed by atoms with E-state index in [1.54, 1.807) is 0 Å². The van der Waals surface area contributed by atoms with E-state index in [4.69, 9.17) is 9.84 Å². The summed E-state index contributed by atoms with van der Waals surface area (Å²) in [7, 11) is 0. The third kappa shape index (κ3) is 9.12. The van der Waals surface area contributed by atoms with Gasteiger partial charge >= 0.3 is 5.97 Å². The molecule has 2 N–H and O–H groups in total. The molecule has 0 fully saturated rings. The molecule has 0 bridgehead atoms. The lowest BCUT2D eigenvalue weighted by Gasteiger charge is -2.16. The second-order valence-electron chi connectivity index (χ2n) is 4.19. The van der Waals surface area contributed by atoms with Gasteiger partial charge in [-0.1, -0.05) is 19.8 Å². The number of nitrogens with one attached hydrogen (secondary N) is 1. The topological polar surface area (TPSA) is 58.6 Å². The highest BCUT2D eigenvalue weighted by Crippen LogP contribution is 2.03. The Balaban J connectivity index is 3.80. The largest absolute Gasteiger partial charge is 0.465 e. The molecule has 0 saturated heterocycles. The van der Waals surface area contributed by atoms with Crippen molar-refractivity contribution in [1.29, 1.82) is 0 Å². The predicted molar refractivity (Wildman–Crippen MR) is 68.9 cm³/mol. The average molecular weight is 245 g/mol. The number of ether oxygens (including phenoxy) is 1. The number of carbonyl (C=O) groups excluding carboxylic acids is 1. The van der Waals surface area contributed by atoms with Gasteiger partial charge in [-0.15, -0.1) is 0 Å². The van der Waals surface area contributed by atoms with Gasteiger partial charge in [-0.2, -0.15) is 0 Å². The van der Waals surface area contributed by atoms with E-state index < -0.39 is 0 Å². The van der Waals surface area contributed by atoms with Crippen molar-refractivity contribution < 1.29 is 14.6 Å². The van der Waals surface area contributed by atoms with Crippen LogP contribution in [0.3, 0.4) is 0 Å². The van der Waals surface area contributed by atoms with Gasteiger partial charge in [0, 0.05) is 6.61 Å². The van der Waals surface area contributed by atoms with E-state index in [0.717, 1.165) is 45.1 Å². The minimum atomic E-state index is -0.163. The lowest BCUT2D eigenvalue weighted by Crippen LogP contribution is -2.38. The van der Waals surface area contributed by atoms with Crippen LogP contribution in [0.2, 0.25) is 0 Å². The van der Waals surface area contributed by atoms with Gasteiger partial charge in [-0.25, -0.2) is 0 Å². The molecule has 0 rings (SSSR count). The van der Waals surface area contributed by atoms with Gasteiger partial charge in [0.2, 0.25) is 0 Å². The molecular weight excluding hydrogens is 218 g/mol. The van der Waals surface area contributed by atoms with Crippen molar-refractivity contribution in [1.82, 2.24) is 5.32 Å². The number of unbranched alkanes of at least 4 members (excludes halogenated alkanes) is 3. The predicted octanol–water partition coefficient (Wildman–Crippen LogP) is 1.86. The molecule has 0 aromatic carbocycles. The Bertz CT molecular complexity index is 186. The summed E-state index contributed by atoms with van der Waals surface area (Å²) >= 11 is 0. The number of hydrogen-bond acceptors (Lipinski definition) is 4.